The Morgan fingerprint density at radius 3 is 2.64 bits per heavy atom. The van der Waals surface area contributed by atoms with E-state index in [2.05, 4.69) is 35.1 Å². The van der Waals surface area contributed by atoms with E-state index in [1.165, 1.54) is 36.1 Å². The van der Waals surface area contributed by atoms with Crippen LogP contribution < -0.4 is 11.5 Å². The summed E-state index contributed by atoms with van der Waals surface area (Å²) in [4.78, 5) is 8.90. The van der Waals surface area contributed by atoms with Gasteiger partial charge in [0, 0.05) is 17.0 Å². The number of hydrogen-bond donors (Lipinski definition) is 3. The van der Waals surface area contributed by atoms with Crippen molar-refractivity contribution in [2.75, 3.05) is 7.05 Å². The van der Waals surface area contributed by atoms with Crippen molar-refractivity contribution in [1.29, 1.82) is 0 Å². The zero-order valence-electron chi connectivity index (χ0n) is 16.5. The molecule has 2 heterocycles. The van der Waals surface area contributed by atoms with Gasteiger partial charge < -0.3 is 21.0 Å². The molecule has 2 aromatic heterocycles. The average Bonchev–Trinajstić information content (AvgIpc) is 3.25. The first-order chi connectivity index (χ1) is 13.2. The molecule has 1 fully saturated rings. The molecule has 0 bridgehead atoms. The Labute approximate surface area is 173 Å². The van der Waals surface area contributed by atoms with Crippen molar-refractivity contribution in [1.82, 2.24) is 4.31 Å². The average molecular weight is 422 g/mol. The van der Waals surface area contributed by atoms with E-state index < -0.39 is 0 Å². The molecule has 0 saturated heterocycles. The summed E-state index contributed by atoms with van der Waals surface area (Å²) in [5.74, 6) is 0.342. The highest BCUT2D eigenvalue weighted by atomic mass is 32.2. The van der Waals surface area contributed by atoms with E-state index >= 15 is 0 Å². The number of amidine groups is 2. The van der Waals surface area contributed by atoms with Crippen molar-refractivity contribution in [2.45, 2.75) is 49.9 Å². The zero-order chi connectivity index (χ0) is 20.5. The van der Waals surface area contributed by atoms with E-state index in [0.717, 1.165) is 9.77 Å². The second-order valence-electron chi connectivity index (χ2n) is 7.96. The van der Waals surface area contributed by atoms with Gasteiger partial charge in [-0.2, -0.15) is 0 Å². The summed E-state index contributed by atoms with van der Waals surface area (Å²) in [6, 6.07) is 2.22. The molecule has 7 nitrogen and oxygen atoms in total. The predicted molar refractivity (Wildman–Crippen MR) is 116 cm³/mol. The van der Waals surface area contributed by atoms with E-state index in [9.17, 15) is 5.11 Å². The normalized spacial score (nSPS) is 17.3. The Bertz CT molecular complexity index is 864. The SMILES string of the molecule is CN(Sc1scc(N=C(N)C(N)=N[C@@H](c2ccoc2)C(C)(C)C)c1O)C1CC1. The van der Waals surface area contributed by atoms with E-state index in [-0.39, 0.29) is 28.9 Å². The fourth-order valence-electron chi connectivity index (χ4n) is 2.70. The van der Waals surface area contributed by atoms with E-state index in [4.69, 9.17) is 15.9 Å². The van der Waals surface area contributed by atoms with Crippen molar-refractivity contribution in [2.24, 2.45) is 26.9 Å². The van der Waals surface area contributed by atoms with E-state index in [1.807, 2.05) is 13.1 Å². The fraction of sp³-hybridized carbons (Fsp3) is 0.474. The van der Waals surface area contributed by atoms with Crippen LogP contribution in [0.3, 0.4) is 0 Å². The summed E-state index contributed by atoms with van der Waals surface area (Å²) >= 11 is 2.96. The molecule has 1 aliphatic rings. The van der Waals surface area contributed by atoms with Gasteiger partial charge in [0.15, 0.2) is 17.4 Å². The molecule has 0 aliphatic heterocycles. The Morgan fingerprint density at radius 2 is 2.07 bits per heavy atom. The fourth-order valence-corrected chi connectivity index (χ4v) is 4.78. The van der Waals surface area contributed by atoms with Gasteiger partial charge >= 0.3 is 0 Å². The van der Waals surface area contributed by atoms with E-state index in [1.54, 1.807) is 17.9 Å². The third-order valence-corrected chi connectivity index (χ3v) is 6.66. The highest BCUT2D eigenvalue weighted by Crippen LogP contribution is 2.46. The maximum absolute atomic E-state index is 10.5. The quantitative estimate of drug-likeness (QED) is 0.364. The second kappa shape index (κ2) is 8.18. The molecular formula is C19H27N5O2S2. The summed E-state index contributed by atoms with van der Waals surface area (Å²) in [7, 11) is 2.03. The number of aromatic hydroxyl groups is 1. The minimum absolute atomic E-state index is 0.0814. The van der Waals surface area contributed by atoms with Gasteiger partial charge in [0.1, 0.15) is 9.90 Å². The number of thiophene rings is 1. The van der Waals surface area contributed by atoms with Crippen LogP contribution in [0.4, 0.5) is 5.69 Å². The number of aliphatic imine (C=N–C) groups is 2. The lowest BCUT2D eigenvalue weighted by Gasteiger charge is -2.26. The van der Waals surface area contributed by atoms with Crippen molar-refractivity contribution in [3.05, 3.63) is 29.5 Å². The Morgan fingerprint density at radius 1 is 1.36 bits per heavy atom. The molecule has 0 unspecified atom stereocenters. The molecule has 1 aliphatic carbocycles. The second-order valence-corrected chi connectivity index (χ2v) is 10.3. The van der Waals surface area contributed by atoms with Crippen LogP contribution in [-0.2, 0) is 0 Å². The largest absolute Gasteiger partial charge is 0.504 e. The third-order valence-electron chi connectivity index (χ3n) is 4.45. The summed E-state index contributed by atoms with van der Waals surface area (Å²) in [5.41, 5.74) is 13.3. The van der Waals surface area contributed by atoms with Gasteiger partial charge in [0.25, 0.3) is 0 Å². The third kappa shape index (κ3) is 4.89. The maximum Gasteiger partial charge on any atom is 0.167 e. The first-order valence-corrected chi connectivity index (χ1v) is 10.7. The Balaban J connectivity index is 1.80. The first-order valence-electron chi connectivity index (χ1n) is 9.08. The molecule has 2 aromatic rings. The van der Waals surface area contributed by atoms with Gasteiger partial charge in [-0.25, -0.2) is 9.30 Å². The molecule has 1 saturated carbocycles. The zero-order valence-corrected chi connectivity index (χ0v) is 18.2. The number of hydrogen-bond acceptors (Lipinski definition) is 7. The van der Waals surface area contributed by atoms with E-state index in [0.29, 0.717) is 11.7 Å². The molecule has 0 aromatic carbocycles. The smallest absolute Gasteiger partial charge is 0.167 e. The summed E-state index contributed by atoms with van der Waals surface area (Å²) in [6.45, 7) is 6.21. The van der Waals surface area contributed by atoms with Crippen LogP contribution in [0.2, 0.25) is 0 Å². The molecule has 0 spiro atoms. The van der Waals surface area contributed by atoms with Crippen LogP contribution in [0.25, 0.3) is 0 Å². The van der Waals surface area contributed by atoms with Crippen molar-refractivity contribution in [3.63, 3.8) is 0 Å². The number of nitrogens with zero attached hydrogens (tertiary/aromatic N) is 3. The van der Waals surface area contributed by atoms with Crippen molar-refractivity contribution < 1.29 is 9.52 Å². The highest BCUT2D eigenvalue weighted by molar-refractivity contribution is 7.99. The molecule has 0 amide bonds. The minimum Gasteiger partial charge on any atom is -0.504 e. The summed E-state index contributed by atoms with van der Waals surface area (Å²) < 4.78 is 8.15. The molecule has 28 heavy (non-hydrogen) atoms. The van der Waals surface area contributed by atoms with Gasteiger partial charge in [-0.3, -0.25) is 4.99 Å². The molecule has 1 atom stereocenters. The Kier molecular flexibility index (Phi) is 6.07. The molecule has 5 N–H and O–H groups in total. The molecule has 9 heteroatoms. The van der Waals surface area contributed by atoms with Crippen LogP contribution in [0.15, 0.2) is 42.6 Å². The minimum atomic E-state index is -0.227. The van der Waals surface area contributed by atoms with Gasteiger partial charge in [-0.15, -0.1) is 11.3 Å². The topological polar surface area (TPSA) is 113 Å². The maximum atomic E-state index is 10.5. The summed E-state index contributed by atoms with van der Waals surface area (Å²) in [6.07, 6.45) is 5.67. The van der Waals surface area contributed by atoms with Crippen molar-refractivity contribution >= 4 is 40.6 Å². The highest BCUT2D eigenvalue weighted by Gasteiger charge is 2.29. The van der Waals surface area contributed by atoms with Gasteiger partial charge in [0.05, 0.1) is 18.6 Å². The lowest BCUT2D eigenvalue weighted by atomic mass is 9.84. The number of nitrogens with two attached hydrogens (primary N) is 2. The first kappa shape index (κ1) is 20.8. The lowest BCUT2D eigenvalue weighted by molar-refractivity contribution is 0.327. The number of furan rings is 1. The van der Waals surface area contributed by atoms with Gasteiger partial charge in [-0.1, -0.05) is 20.8 Å². The monoisotopic (exact) mass is 421 g/mol. The lowest BCUT2D eigenvalue weighted by Crippen LogP contribution is -2.33. The summed E-state index contributed by atoms with van der Waals surface area (Å²) in [5, 5.41) is 12.3. The predicted octanol–water partition coefficient (Wildman–Crippen LogP) is 4.28. The van der Waals surface area contributed by atoms with Crippen molar-refractivity contribution in [3.8, 4) is 5.75 Å². The standard InChI is InChI=1S/C19H27N5O2S2/c1-19(2,3)15(11-7-8-26-9-11)23-17(21)16(20)22-13-10-27-18(14(13)25)28-24(4)12-5-6-12/h7-10,12,15,25H,5-6H2,1-4H3,(H2,20,22)(H2,21,23)/t15-/m0/s1. The van der Waals surface area contributed by atoms with Crippen LogP contribution in [-0.4, -0.2) is 34.2 Å². The Hall–Kier alpha value is -1.97. The van der Waals surface area contributed by atoms with Gasteiger partial charge in [-0.05, 0) is 43.3 Å². The van der Waals surface area contributed by atoms with Crippen LogP contribution in [0.1, 0.15) is 45.2 Å². The molecule has 0 radical (unpaired) electrons. The molecule has 152 valence electrons. The van der Waals surface area contributed by atoms with Crippen LogP contribution >= 0.6 is 23.3 Å². The molecular weight excluding hydrogens is 394 g/mol. The van der Waals surface area contributed by atoms with Crippen LogP contribution in [0.5, 0.6) is 5.75 Å². The van der Waals surface area contributed by atoms with Crippen LogP contribution in [0, 0.1) is 5.41 Å². The molecule has 3 rings (SSSR count). The van der Waals surface area contributed by atoms with Gasteiger partial charge in [0.2, 0.25) is 0 Å². The number of rotatable bonds is 6.